The van der Waals surface area contributed by atoms with Gasteiger partial charge in [-0.05, 0) is 73.7 Å². The maximum Gasteiger partial charge on any atom is 0.264 e. The van der Waals surface area contributed by atoms with Gasteiger partial charge in [-0.25, -0.2) is 12.8 Å². The van der Waals surface area contributed by atoms with Crippen molar-refractivity contribution in [3.05, 3.63) is 95.8 Å². The Morgan fingerprint density at radius 3 is 2.02 bits per heavy atom. The van der Waals surface area contributed by atoms with Crippen molar-refractivity contribution in [1.29, 1.82) is 0 Å². The van der Waals surface area contributed by atoms with Gasteiger partial charge in [0, 0.05) is 12.6 Å². The topological polar surface area (TPSA) is 86.8 Å². The standard InChI is InChI=1S/C31H38FN3O4S/c1-6-23(4)33-31(37)24(5)34(20-25-12-16-27(32)17-13-25)30(36)21-35(28-18-14-26(15-19-28)22(2)3)40(38,39)29-10-8-7-9-11-29/h7-19,22-24H,6,20-21H2,1-5H3,(H,33,37). The summed E-state index contributed by atoms with van der Waals surface area (Å²) in [7, 11) is -4.13. The lowest BCUT2D eigenvalue weighted by molar-refractivity contribution is -0.139. The van der Waals surface area contributed by atoms with Gasteiger partial charge in [-0.1, -0.05) is 63.2 Å². The van der Waals surface area contributed by atoms with Gasteiger partial charge in [-0.2, -0.15) is 0 Å². The van der Waals surface area contributed by atoms with E-state index in [-0.39, 0.29) is 29.3 Å². The first-order valence-electron chi connectivity index (χ1n) is 13.5. The third-order valence-corrected chi connectivity index (χ3v) is 8.68. The predicted octanol–water partition coefficient (Wildman–Crippen LogP) is 5.48. The molecule has 0 radical (unpaired) electrons. The number of anilines is 1. The average molecular weight is 568 g/mol. The molecule has 2 atom stereocenters. The molecule has 0 saturated heterocycles. The van der Waals surface area contributed by atoms with Crippen LogP contribution in [0.2, 0.25) is 0 Å². The van der Waals surface area contributed by atoms with Gasteiger partial charge in [-0.3, -0.25) is 13.9 Å². The number of nitrogens with zero attached hydrogens (tertiary/aromatic N) is 2. The van der Waals surface area contributed by atoms with Crippen molar-refractivity contribution in [3.8, 4) is 0 Å². The van der Waals surface area contributed by atoms with Crippen molar-refractivity contribution >= 4 is 27.5 Å². The van der Waals surface area contributed by atoms with Crippen molar-refractivity contribution in [1.82, 2.24) is 10.2 Å². The molecule has 3 aromatic rings. The van der Waals surface area contributed by atoms with Crippen LogP contribution in [0, 0.1) is 5.82 Å². The molecule has 214 valence electrons. The first-order chi connectivity index (χ1) is 18.9. The van der Waals surface area contributed by atoms with Crippen LogP contribution in [-0.2, 0) is 26.2 Å². The number of benzene rings is 3. The van der Waals surface area contributed by atoms with Gasteiger partial charge in [0.1, 0.15) is 18.4 Å². The van der Waals surface area contributed by atoms with Crippen LogP contribution in [0.5, 0.6) is 0 Å². The number of amides is 2. The van der Waals surface area contributed by atoms with Gasteiger partial charge in [-0.15, -0.1) is 0 Å². The molecule has 2 amide bonds. The molecule has 9 heteroatoms. The highest BCUT2D eigenvalue weighted by atomic mass is 32.2. The van der Waals surface area contributed by atoms with Crippen molar-refractivity contribution < 1.29 is 22.4 Å². The van der Waals surface area contributed by atoms with E-state index >= 15 is 0 Å². The second kappa shape index (κ2) is 13.6. The van der Waals surface area contributed by atoms with Gasteiger partial charge in [0.25, 0.3) is 10.0 Å². The zero-order chi connectivity index (χ0) is 29.4. The second-order valence-electron chi connectivity index (χ2n) is 10.2. The normalized spacial score (nSPS) is 13.0. The minimum absolute atomic E-state index is 0.000280. The van der Waals surface area contributed by atoms with Crippen molar-refractivity contribution in [3.63, 3.8) is 0 Å². The maximum atomic E-state index is 13.9. The molecule has 3 rings (SSSR count). The summed E-state index contributed by atoms with van der Waals surface area (Å²) >= 11 is 0. The predicted molar refractivity (Wildman–Crippen MR) is 156 cm³/mol. The third-order valence-electron chi connectivity index (χ3n) is 6.89. The molecule has 0 aromatic heterocycles. The zero-order valence-electron chi connectivity index (χ0n) is 23.7. The Labute approximate surface area is 237 Å². The first kappa shape index (κ1) is 30.8. The van der Waals surface area contributed by atoms with Crippen LogP contribution >= 0.6 is 0 Å². The second-order valence-corrected chi connectivity index (χ2v) is 12.1. The first-order valence-corrected chi connectivity index (χ1v) is 14.9. The Morgan fingerprint density at radius 1 is 0.875 bits per heavy atom. The Morgan fingerprint density at radius 2 is 1.48 bits per heavy atom. The number of carbonyl (C=O) groups is 2. The van der Waals surface area contributed by atoms with Crippen LogP contribution in [0.25, 0.3) is 0 Å². The fourth-order valence-electron chi connectivity index (χ4n) is 4.11. The smallest absolute Gasteiger partial charge is 0.264 e. The summed E-state index contributed by atoms with van der Waals surface area (Å²) in [5.41, 5.74) is 1.97. The van der Waals surface area contributed by atoms with Gasteiger partial charge >= 0.3 is 0 Å². The molecule has 0 heterocycles. The molecule has 0 bridgehead atoms. The lowest BCUT2D eigenvalue weighted by Gasteiger charge is -2.32. The number of carbonyl (C=O) groups excluding carboxylic acids is 2. The van der Waals surface area contributed by atoms with Gasteiger partial charge in [0.15, 0.2) is 0 Å². The molecule has 0 aliphatic heterocycles. The Bertz CT molecular complexity index is 1380. The number of halogens is 1. The van der Waals surface area contributed by atoms with E-state index in [1.54, 1.807) is 37.3 Å². The number of hydrogen-bond donors (Lipinski definition) is 1. The lowest BCUT2D eigenvalue weighted by Crippen LogP contribution is -2.52. The van der Waals surface area contributed by atoms with E-state index in [1.807, 2.05) is 39.8 Å². The summed E-state index contributed by atoms with van der Waals surface area (Å²) in [5.74, 6) is -1.10. The highest BCUT2D eigenvalue weighted by Crippen LogP contribution is 2.26. The fraction of sp³-hybridized carbons (Fsp3) is 0.355. The summed E-state index contributed by atoms with van der Waals surface area (Å²) < 4.78 is 42.3. The van der Waals surface area contributed by atoms with Crippen LogP contribution in [0.4, 0.5) is 10.1 Å². The summed E-state index contributed by atoms with van der Waals surface area (Å²) in [6.07, 6.45) is 0.708. The van der Waals surface area contributed by atoms with E-state index < -0.39 is 34.3 Å². The Hall–Kier alpha value is -3.72. The Balaban J connectivity index is 2.02. The molecule has 0 aliphatic carbocycles. The highest BCUT2D eigenvalue weighted by molar-refractivity contribution is 7.92. The summed E-state index contributed by atoms with van der Waals surface area (Å²) in [6.45, 7) is 8.96. The van der Waals surface area contributed by atoms with Crippen LogP contribution in [-0.4, -0.2) is 43.8 Å². The van der Waals surface area contributed by atoms with Crippen LogP contribution in [0.15, 0.2) is 83.8 Å². The van der Waals surface area contributed by atoms with Gasteiger partial charge < -0.3 is 10.2 Å². The molecule has 0 spiro atoms. The van der Waals surface area contributed by atoms with Crippen molar-refractivity contribution in [2.45, 2.75) is 70.5 Å². The molecule has 3 aromatic carbocycles. The Kier molecular flexibility index (Phi) is 10.5. The summed E-state index contributed by atoms with van der Waals surface area (Å²) in [5, 5.41) is 2.89. The molecule has 40 heavy (non-hydrogen) atoms. The van der Waals surface area contributed by atoms with E-state index in [0.717, 1.165) is 9.87 Å². The van der Waals surface area contributed by atoms with Crippen molar-refractivity contribution in [2.24, 2.45) is 0 Å². The largest absolute Gasteiger partial charge is 0.352 e. The maximum absolute atomic E-state index is 13.9. The SMILES string of the molecule is CCC(C)NC(=O)C(C)N(Cc1ccc(F)cc1)C(=O)CN(c1ccc(C(C)C)cc1)S(=O)(=O)c1ccccc1. The number of nitrogens with one attached hydrogen (secondary N) is 1. The molecular formula is C31H38FN3O4S. The average Bonchev–Trinajstić information content (AvgIpc) is 2.95. The third kappa shape index (κ3) is 7.69. The molecule has 1 N–H and O–H groups in total. The quantitative estimate of drug-likeness (QED) is 0.314. The van der Waals surface area contributed by atoms with E-state index in [1.165, 1.54) is 41.3 Å². The highest BCUT2D eigenvalue weighted by Gasteiger charge is 2.32. The molecule has 7 nitrogen and oxygen atoms in total. The molecule has 0 aliphatic rings. The van der Waals surface area contributed by atoms with E-state index in [9.17, 15) is 22.4 Å². The molecular weight excluding hydrogens is 529 g/mol. The van der Waals surface area contributed by atoms with E-state index in [0.29, 0.717) is 17.7 Å². The lowest BCUT2D eigenvalue weighted by atomic mass is 10.0. The van der Waals surface area contributed by atoms with Crippen molar-refractivity contribution in [2.75, 3.05) is 10.8 Å². The molecule has 0 saturated carbocycles. The van der Waals surface area contributed by atoms with Crippen LogP contribution in [0.1, 0.15) is 58.1 Å². The molecule has 0 fully saturated rings. The summed E-state index contributed by atoms with van der Waals surface area (Å²) in [4.78, 5) is 28.4. The van der Waals surface area contributed by atoms with Crippen LogP contribution < -0.4 is 9.62 Å². The van der Waals surface area contributed by atoms with E-state index in [2.05, 4.69) is 5.32 Å². The molecule has 2 unspecified atom stereocenters. The zero-order valence-corrected chi connectivity index (χ0v) is 24.5. The fourth-order valence-corrected chi connectivity index (χ4v) is 5.54. The van der Waals surface area contributed by atoms with E-state index in [4.69, 9.17) is 0 Å². The minimum Gasteiger partial charge on any atom is -0.352 e. The van der Waals surface area contributed by atoms with Gasteiger partial charge in [0.05, 0.1) is 10.6 Å². The number of rotatable bonds is 12. The monoisotopic (exact) mass is 567 g/mol. The summed E-state index contributed by atoms with van der Waals surface area (Å²) in [6, 6.07) is 19.6. The van der Waals surface area contributed by atoms with Crippen LogP contribution in [0.3, 0.4) is 0 Å². The number of hydrogen-bond acceptors (Lipinski definition) is 4. The van der Waals surface area contributed by atoms with Gasteiger partial charge in [0.2, 0.25) is 11.8 Å². The number of sulfonamides is 1. The minimum atomic E-state index is -4.13.